The van der Waals surface area contributed by atoms with Gasteiger partial charge in [0.05, 0.1) is 0 Å². The average molecular weight is 303 g/mol. The minimum atomic E-state index is -0.0834. The summed E-state index contributed by atoms with van der Waals surface area (Å²) in [6.07, 6.45) is 0. The predicted molar refractivity (Wildman–Crippen MR) is 90.6 cm³/mol. The van der Waals surface area contributed by atoms with E-state index in [1.54, 1.807) is 12.1 Å². The SMILES string of the molecule is O=C(NCc1cccc(Oc2ccccc2)c1)c1ccccc1. The van der Waals surface area contributed by atoms with E-state index in [4.69, 9.17) is 4.74 Å². The molecule has 0 fully saturated rings. The Kier molecular flexibility index (Phi) is 4.69. The smallest absolute Gasteiger partial charge is 0.251 e. The molecule has 0 aliphatic carbocycles. The van der Waals surface area contributed by atoms with Gasteiger partial charge in [-0.2, -0.15) is 0 Å². The van der Waals surface area contributed by atoms with Gasteiger partial charge in [0.25, 0.3) is 5.91 Å². The fourth-order valence-electron chi connectivity index (χ4n) is 2.22. The molecule has 0 aliphatic rings. The van der Waals surface area contributed by atoms with Crippen molar-refractivity contribution >= 4 is 5.91 Å². The number of rotatable bonds is 5. The van der Waals surface area contributed by atoms with Crippen LogP contribution in [0.4, 0.5) is 0 Å². The summed E-state index contributed by atoms with van der Waals surface area (Å²) in [4.78, 5) is 12.1. The van der Waals surface area contributed by atoms with Gasteiger partial charge >= 0.3 is 0 Å². The Balaban J connectivity index is 1.63. The molecule has 0 saturated carbocycles. The van der Waals surface area contributed by atoms with Crippen LogP contribution in [0.15, 0.2) is 84.9 Å². The van der Waals surface area contributed by atoms with Crippen LogP contribution in [-0.4, -0.2) is 5.91 Å². The van der Waals surface area contributed by atoms with E-state index in [0.717, 1.165) is 17.1 Å². The lowest BCUT2D eigenvalue weighted by atomic mass is 10.2. The lowest BCUT2D eigenvalue weighted by molar-refractivity contribution is 0.0951. The fraction of sp³-hybridized carbons (Fsp3) is 0.0500. The first-order valence-electron chi connectivity index (χ1n) is 7.46. The number of benzene rings is 3. The van der Waals surface area contributed by atoms with Crippen LogP contribution in [0.1, 0.15) is 15.9 Å². The molecule has 0 atom stereocenters. The van der Waals surface area contributed by atoms with E-state index in [9.17, 15) is 4.79 Å². The zero-order chi connectivity index (χ0) is 15.9. The molecule has 1 N–H and O–H groups in total. The number of nitrogens with one attached hydrogen (secondary N) is 1. The minimum absolute atomic E-state index is 0.0834. The Morgan fingerprint density at radius 2 is 1.43 bits per heavy atom. The maximum Gasteiger partial charge on any atom is 0.251 e. The number of hydrogen-bond acceptors (Lipinski definition) is 2. The second-order valence-electron chi connectivity index (χ2n) is 5.11. The molecule has 0 heterocycles. The van der Waals surface area contributed by atoms with Gasteiger partial charge in [-0.05, 0) is 42.0 Å². The molecule has 3 rings (SSSR count). The quantitative estimate of drug-likeness (QED) is 0.758. The van der Waals surface area contributed by atoms with Gasteiger partial charge in [-0.1, -0.05) is 48.5 Å². The van der Waals surface area contributed by atoms with Crippen molar-refractivity contribution in [1.82, 2.24) is 5.32 Å². The van der Waals surface area contributed by atoms with Crippen molar-refractivity contribution in [3.05, 3.63) is 96.1 Å². The van der Waals surface area contributed by atoms with E-state index in [0.29, 0.717) is 12.1 Å². The molecule has 0 aliphatic heterocycles. The van der Waals surface area contributed by atoms with Crippen LogP contribution in [0.2, 0.25) is 0 Å². The first kappa shape index (κ1) is 14.9. The monoisotopic (exact) mass is 303 g/mol. The molecule has 0 aromatic heterocycles. The molecule has 0 spiro atoms. The normalized spacial score (nSPS) is 10.1. The van der Waals surface area contributed by atoms with Crippen molar-refractivity contribution in [3.8, 4) is 11.5 Å². The molecule has 0 radical (unpaired) electrons. The lowest BCUT2D eigenvalue weighted by Gasteiger charge is -2.09. The molecule has 0 unspecified atom stereocenters. The van der Waals surface area contributed by atoms with Gasteiger partial charge in [0.15, 0.2) is 0 Å². The third-order valence-electron chi connectivity index (χ3n) is 3.37. The summed E-state index contributed by atoms with van der Waals surface area (Å²) >= 11 is 0. The largest absolute Gasteiger partial charge is 0.457 e. The minimum Gasteiger partial charge on any atom is -0.457 e. The van der Waals surface area contributed by atoms with Crippen molar-refractivity contribution < 1.29 is 9.53 Å². The molecule has 1 amide bonds. The van der Waals surface area contributed by atoms with E-state index in [-0.39, 0.29) is 5.91 Å². The van der Waals surface area contributed by atoms with Gasteiger partial charge in [-0.25, -0.2) is 0 Å². The van der Waals surface area contributed by atoms with Crippen LogP contribution in [-0.2, 0) is 6.54 Å². The Morgan fingerprint density at radius 1 is 0.783 bits per heavy atom. The summed E-state index contributed by atoms with van der Waals surface area (Å²) in [6, 6.07) is 26.5. The zero-order valence-corrected chi connectivity index (χ0v) is 12.6. The van der Waals surface area contributed by atoms with Gasteiger partial charge in [0.1, 0.15) is 11.5 Å². The van der Waals surface area contributed by atoms with Crippen molar-refractivity contribution in [1.29, 1.82) is 0 Å². The summed E-state index contributed by atoms with van der Waals surface area (Å²) in [6.45, 7) is 0.458. The summed E-state index contributed by atoms with van der Waals surface area (Å²) in [5, 5.41) is 2.91. The van der Waals surface area contributed by atoms with Crippen LogP contribution in [0.5, 0.6) is 11.5 Å². The van der Waals surface area contributed by atoms with Gasteiger partial charge in [0, 0.05) is 12.1 Å². The fourth-order valence-corrected chi connectivity index (χ4v) is 2.22. The zero-order valence-electron chi connectivity index (χ0n) is 12.6. The van der Waals surface area contributed by atoms with Crippen LogP contribution < -0.4 is 10.1 Å². The number of para-hydroxylation sites is 1. The lowest BCUT2D eigenvalue weighted by Crippen LogP contribution is -2.22. The van der Waals surface area contributed by atoms with Crippen LogP contribution in [0.25, 0.3) is 0 Å². The molecule has 114 valence electrons. The maximum absolute atomic E-state index is 12.1. The van der Waals surface area contributed by atoms with Crippen molar-refractivity contribution in [2.45, 2.75) is 6.54 Å². The highest BCUT2D eigenvalue weighted by Crippen LogP contribution is 2.21. The molecular formula is C20H17NO2. The molecular weight excluding hydrogens is 286 g/mol. The Labute approximate surface area is 135 Å². The highest BCUT2D eigenvalue weighted by Gasteiger charge is 2.04. The van der Waals surface area contributed by atoms with E-state index < -0.39 is 0 Å². The van der Waals surface area contributed by atoms with Crippen molar-refractivity contribution in [3.63, 3.8) is 0 Å². The number of hydrogen-bond donors (Lipinski definition) is 1. The Bertz CT molecular complexity index is 770. The third kappa shape index (κ3) is 4.20. The molecule has 3 heteroatoms. The van der Waals surface area contributed by atoms with E-state index in [1.807, 2.05) is 72.8 Å². The second-order valence-corrected chi connectivity index (χ2v) is 5.11. The molecule has 23 heavy (non-hydrogen) atoms. The van der Waals surface area contributed by atoms with Crippen molar-refractivity contribution in [2.24, 2.45) is 0 Å². The van der Waals surface area contributed by atoms with Gasteiger partial charge in [-0.15, -0.1) is 0 Å². The predicted octanol–water partition coefficient (Wildman–Crippen LogP) is 4.41. The highest BCUT2D eigenvalue weighted by molar-refractivity contribution is 5.94. The van der Waals surface area contributed by atoms with Gasteiger partial charge in [-0.3, -0.25) is 4.79 Å². The second kappa shape index (κ2) is 7.27. The maximum atomic E-state index is 12.1. The first-order valence-corrected chi connectivity index (χ1v) is 7.46. The van der Waals surface area contributed by atoms with Crippen molar-refractivity contribution in [2.75, 3.05) is 0 Å². The van der Waals surface area contributed by atoms with E-state index in [2.05, 4.69) is 5.32 Å². The number of carbonyl (C=O) groups is 1. The van der Waals surface area contributed by atoms with E-state index >= 15 is 0 Å². The Hall–Kier alpha value is -3.07. The van der Waals surface area contributed by atoms with Crippen LogP contribution in [0.3, 0.4) is 0 Å². The number of carbonyl (C=O) groups excluding carboxylic acids is 1. The van der Waals surface area contributed by atoms with Gasteiger partial charge < -0.3 is 10.1 Å². The molecule has 3 aromatic carbocycles. The average Bonchev–Trinajstić information content (AvgIpc) is 2.62. The Morgan fingerprint density at radius 3 is 2.17 bits per heavy atom. The molecule has 3 aromatic rings. The van der Waals surface area contributed by atoms with Crippen LogP contribution in [0, 0.1) is 0 Å². The molecule has 3 nitrogen and oxygen atoms in total. The summed E-state index contributed by atoms with van der Waals surface area (Å²) in [5.41, 5.74) is 1.65. The number of amides is 1. The summed E-state index contributed by atoms with van der Waals surface area (Å²) < 4.78 is 5.80. The first-order chi connectivity index (χ1) is 11.3. The highest BCUT2D eigenvalue weighted by atomic mass is 16.5. The van der Waals surface area contributed by atoms with Gasteiger partial charge in [0.2, 0.25) is 0 Å². The topological polar surface area (TPSA) is 38.3 Å². The summed E-state index contributed by atoms with van der Waals surface area (Å²) in [5.74, 6) is 1.46. The summed E-state index contributed by atoms with van der Waals surface area (Å²) in [7, 11) is 0. The molecule has 0 saturated heterocycles. The van der Waals surface area contributed by atoms with Crippen LogP contribution >= 0.6 is 0 Å². The molecule has 0 bridgehead atoms. The standard InChI is InChI=1S/C20H17NO2/c22-20(17-9-3-1-4-10-17)21-15-16-8-7-13-19(14-16)23-18-11-5-2-6-12-18/h1-14H,15H2,(H,21,22). The van der Waals surface area contributed by atoms with E-state index in [1.165, 1.54) is 0 Å². The number of ether oxygens (including phenoxy) is 1. The third-order valence-corrected chi connectivity index (χ3v) is 3.37.